The van der Waals surface area contributed by atoms with Gasteiger partial charge in [0.25, 0.3) is 0 Å². The van der Waals surface area contributed by atoms with Crippen LogP contribution in [0.15, 0.2) is 0 Å². The van der Waals surface area contributed by atoms with Crippen LogP contribution >= 0.6 is 7.82 Å². The summed E-state index contributed by atoms with van der Waals surface area (Å²) in [6.45, 7) is 4.15. The van der Waals surface area contributed by atoms with Crippen LogP contribution in [0.2, 0.25) is 0 Å². The molecule has 0 aliphatic rings. The lowest BCUT2D eigenvalue weighted by atomic mass is 10.0. The third-order valence-corrected chi connectivity index (χ3v) is 11.6. The summed E-state index contributed by atoms with van der Waals surface area (Å²) in [5.74, 6) is -0.187. The maximum Gasteiger partial charge on any atom is 0.469 e. The summed E-state index contributed by atoms with van der Waals surface area (Å²) in [5.41, 5.74) is 0. The van der Waals surface area contributed by atoms with Crippen molar-refractivity contribution in [2.24, 2.45) is 0 Å². The van der Waals surface area contributed by atoms with Crippen molar-refractivity contribution in [3.8, 4) is 0 Å². The van der Waals surface area contributed by atoms with Gasteiger partial charge in [0, 0.05) is 6.42 Å². The first-order chi connectivity index (χ1) is 25.8. The van der Waals surface area contributed by atoms with Gasteiger partial charge in [0.1, 0.15) is 0 Å². The fourth-order valence-corrected chi connectivity index (χ4v) is 7.88. The molecule has 0 rings (SSSR count). The zero-order valence-electron chi connectivity index (χ0n) is 35.5. The Balaban J connectivity index is 3.79. The number of hydrogen-bond acceptors (Lipinski definition) is 4. The first kappa shape index (κ1) is 52.5. The lowest BCUT2D eigenvalue weighted by molar-refractivity contribution is -0.123. The number of aliphatic hydroxyl groups is 1. The highest BCUT2D eigenvalue weighted by atomic mass is 31.2. The molecule has 0 radical (unpaired) electrons. The molecule has 0 aliphatic heterocycles. The Morgan fingerprint density at radius 2 is 0.736 bits per heavy atom. The first-order valence-electron chi connectivity index (χ1n) is 23.5. The molecule has 8 heteroatoms. The molecule has 0 aromatic carbocycles. The number of carbonyl (C=O) groups is 1. The number of phosphoric acid groups is 1. The Hall–Kier alpha value is -0.460. The smallest absolute Gasteiger partial charge is 0.391 e. The topological polar surface area (TPSA) is 116 Å². The van der Waals surface area contributed by atoms with Crippen molar-refractivity contribution in [1.29, 1.82) is 0 Å². The quantitative estimate of drug-likeness (QED) is 0.0362. The van der Waals surface area contributed by atoms with Gasteiger partial charge >= 0.3 is 7.82 Å². The van der Waals surface area contributed by atoms with Crippen molar-refractivity contribution in [3.63, 3.8) is 0 Å². The normalized spacial score (nSPS) is 13.1. The zero-order valence-corrected chi connectivity index (χ0v) is 36.3. The Kier molecular flexibility index (Phi) is 40.8. The molecule has 0 aromatic rings. The van der Waals surface area contributed by atoms with Crippen LogP contribution in [0.1, 0.15) is 264 Å². The predicted octanol–water partition coefficient (Wildman–Crippen LogP) is 14.2. The van der Waals surface area contributed by atoms with E-state index in [-0.39, 0.29) is 5.91 Å². The number of nitrogens with one attached hydrogen (secondary N) is 1. The Morgan fingerprint density at radius 3 is 1.02 bits per heavy atom. The van der Waals surface area contributed by atoms with Crippen LogP contribution in [0, 0.1) is 0 Å². The van der Waals surface area contributed by atoms with E-state index in [4.69, 9.17) is 0 Å². The minimum absolute atomic E-state index is 0.187. The molecule has 0 aromatic heterocycles. The maximum atomic E-state index is 12.6. The summed E-state index contributed by atoms with van der Waals surface area (Å²) in [4.78, 5) is 31.0. The van der Waals surface area contributed by atoms with Crippen LogP contribution in [0.3, 0.4) is 0 Å². The van der Waals surface area contributed by atoms with Crippen LogP contribution in [-0.4, -0.2) is 39.6 Å². The average Bonchev–Trinajstić information content (AvgIpc) is 3.13. The van der Waals surface area contributed by atoms with Crippen molar-refractivity contribution in [2.45, 2.75) is 276 Å². The Morgan fingerprint density at radius 1 is 0.472 bits per heavy atom. The van der Waals surface area contributed by atoms with Crippen molar-refractivity contribution in [1.82, 2.24) is 5.32 Å². The number of amides is 1. The highest BCUT2D eigenvalue weighted by Gasteiger charge is 2.25. The fourth-order valence-electron chi connectivity index (χ4n) is 7.53. The second kappa shape index (κ2) is 41.2. The summed E-state index contributed by atoms with van der Waals surface area (Å²) in [6.07, 6.45) is 48.1. The molecule has 0 aliphatic carbocycles. The number of rotatable bonds is 44. The monoisotopic (exact) mass is 774 g/mol. The van der Waals surface area contributed by atoms with Crippen molar-refractivity contribution in [2.75, 3.05) is 6.61 Å². The number of phosphoric ester groups is 1. The lowest BCUT2D eigenvalue weighted by Crippen LogP contribution is -2.46. The second-order valence-corrected chi connectivity index (χ2v) is 17.7. The molecule has 0 bridgehead atoms. The number of carbonyl (C=O) groups excluding carboxylic acids is 1. The van der Waals surface area contributed by atoms with E-state index in [1.807, 2.05) is 0 Å². The number of unbranched alkanes of at least 4 members (excludes halogenated alkanes) is 35. The maximum absolute atomic E-state index is 12.6. The van der Waals surface area contributed by atoms with Crippen molar-refractivity contribution >= 4 is 13.7 Å². The largest absolute Gasteiger partial charge is 0.469 e. The summed E-state index contributed by atoms with van der Waals surface area (Å²) in [5, 5.41) is 13.6. The summed E-state index contributed by atoms with van der Waals surface area (Å²) >= 11 is 0. The van der Waals surface area contributed by atoms with E-state index in [9.17, 15) is 24.3 Å². The molecule has 0 fully saturated rings. The van der Waals surface area contributed by atoms with Gasteiger partial charge in [-0.2, -0.15) is 0 Å². The van der Waals surface area contributed by atoms with Crippen LogP contribution in [0.4, 0.5) is 0 Å². The van der Waals surface area contributed by atoms with Gasteiger partial charge in [-0.3, -0.25) is 9.32 Å². The van der Waals surface area contributed by atoms with Crippen LogP contribution in [0.25, 0.3) is 0 Å². The second-order valence-electron chi connectivity index (χ2n) is 16.4. The van der Waals surface area contributed by atoms with Gasteiger partial charge in [-0.15, -0.1) is 0 Å². The van der Waals surface area contributed by atoms with Gasteiger partial charge in [0.05, 0.1) is 18.8 Å². The molecule has 7 nitrogen and oxygen atoms in total. The van der Waals surface area contributed by atoms with Crippen LogP contribution in [-0.2, 0) is 13.9 Å². The Labute approximate surface area is 330 Å². The van der Waals surface area contributed by atoms with E-state index < -0.39 is 26.6 Å². The van der Waals surface area contributed by atoms with Gasteiger partial charge in [-0.05, 0) is 12.8 Å². The highest BCUT2D eigenvalue weighted by molar-refractivity contribution is 7.46. The van der Waals surface area contributed by atoms with E-state index in [0.717, 1.165) is 38.5 Å². The molecular formula is C45H92NO6P. The standard InChI is InChI=1S/C45H92NO6P/c1-3-5-7-9-11-13-15-17-19-20-21-22-23-24-25-27-29-31-33-35-37-39-41-45(48)46-43(42-52-53(49,50)51)44(47)40-38-36-34-32-30-28-26-18-16-14-12-10-8-6-4-2/h43-44,47H,3-42H2,1-2H3,(H,46,48)(H2,49,50,51)/t43-,44+/m0/s1. The van der Waals surface area contributed by atoms with Crippen LogP contribution < -0.4 is 5.32 Å². The average molecular weight is 774 g/mol. The van der Waals surface area contributed by atoms with Gasteiger partial charge in [-0.1, -0.05) is 245 Å². The summed E-state index contributed by atoms with van der Waals surface area (Å²) < 4.78 is 16.0. The molecule has 4 N–H and O–H groups in total. The third kappa shape index (κ3) is 42.5. The minimum Gasteiger partial charge on any atom is -0.391 e. The SMILES string of the molecule is CCCCCCCCCCCCCCCCCCCCCCCCC(=O)N[C@@H](COP(=O)(O)O)[C@H](O)CCCCCCCCCCCCCCCCC. The molecule has 0 heterocycles. The van der Waals surface area contributed by atoms with Gasteiger partial charge in [-0.25, -0.2) is 4.57 Å². The summed E-state index contributed by atoms with van der Waals surface area (Å²) in [7, 11) is -4.69. The third-order valence-electron chi connectivity index (χ3n) is 11.1. The predicted molar refractivity (Wildman–Crippen MR) is 227 cm³/mol. The van der Waals surface area contributed by atoms with Gasteiger partial charge in [0.2, 0.25) is 5.91 Å². The zero-order chi connectivity index (χ0) is 38.9. The number of hydrogen-bond donors (Lipinski definition) is 4. The molecule has 53 heavy (non-hydrogen) atoms. The highest BCUT2D eigenvalue weighted by Crippen LogP contribution is 2.36. The van der Waals surface area contributed by atoms with E-state index in [0.29, 0.717) is 12.8 Å². The van der Waals surface area contributed by atoms with Gasteiger partial charge in [0.15, 0.2) is 0 Å². The first-order valence-corrected chi connectivity index (χ1v) is 25.0. The fraction of sp³-hybridized carbons (Fsp3) is 0.978. The lowest BCUT2D eigenvalue weighted by Gasteiger charge is -2.24. The molecule has 1 amide bonds. The number of aliphatic hydroxyl groups excluding tert-OH is 1. The van der Waals surface area contributed by atoms with Crippen molar-refractivity contribution in [3.05, 3.63) is 0 Å². The molecule has 0 saturated carbocycles. The molecule has 2 atom stereocenters. The van der Waals surface area contributed by atoms with E-state index in [1.165, 1.54) is 199 Å². The van der Waals surface area contributed by atoms with Gasteiger partial charge < -0.3 is 20.2 Å². The van der Waals surface area contributed by atoms with Crippen molar-refractivity contribution < 1.29 is 28.8 Å². The molecular weight excluding hydrogens is 681 g/mol. The molecule has 0 unspecified atom stereocenters. The molecule has 0 spiro atoms. The van der Waals surface area contributed by atoms with Crippen LogP contribution in [0.5, 0.6) is 0 Å². The summed E-state index contributed by atoms with van der Waals surface area (Å²) in [6, 6.07) is -0.818. The Bertz CT molecular complexity index is 793. The van der Waals surface area contributed by atoms with E-state index >= 15 is 0 Å². The molecule has 0 saturated heterocycles. The van der Waals surface area contributed by atoms with E-state index in [1.54, 1.807) is 0 Å². The minimum atomic E-state index is -4.69. The van der Waals surface area contributed by atoms with E-state index in [2.05, 4.69) is 23.7 Å². The molecule has 318 valence electrons.